The molecule has 0 amide bonds. The van der Waals surface area contributed by atoms with Crippen molar-refractivity contribution in [2.24, 2.45) is 11.8 Å². The third-order valence-corrected chi connectivity index (χ3v) is 3.73. The normalized spacial score (nSPS) is 16.9. The summed E-state index contributed by atoms with van der Waals surface area (Å²) >= 11 is 0. The molecule has 0 radical (unpaired) electrons. The lowest BCUT2D eigenvalue weighted by Crippen LogP contribution is -2.32. The Hall–Kier alpha value is -1.86. The summed E-state index contributed by atoms with van der Waals surface area (Å²) < 4.78 is 0. The first-order valence-corrected chi connectivity index (χ1v) is 6.77. The predicted molar refractivity (Wildman–Crippen MR) is 79.6 cm³/mol. The molecule has 4 N–H and O–H groups in total. The minimum absolute atomic E-state index is 0.0336. The van der Waals surface area contributed by atoms with E-state index in [9.17, 15) is 10.1 Å². The number of nitro benzene ring substituents is 1. The lowest BCUT2D eigenvalue weighted by Gasteiger charge is -2.29. The molecule has 0 bridgehead atoms. The van der Waals surface area contributed by atoms with Gasteiger partial charge in [-0.25, -0.2) is 0 Å². The fourth-order valence-electron chi connectivity index (χ4n) is 2.43. The van der Waals surface area contributed by atoms with Gasteiger partial charge in [0, 0.05) is 24.4 Å². The van der Waals surface area contributed by atoms with Gasteiger partial charge in [0.05, 0.1) is 10.6 Å². The smallest absolute Gasteiger partial charge is 0.273 e. The monoisotopic (exact) mass is 279 g/mol. The standard InChI is InChI=1S/C13H21N5O2/c1-17-4-2-10(3-5-17)9-15-11-6-12(16-14)8-13(7-11)18(19)20/h6-8,10,15-16H,2-5,9,14H2,1H3. The lowest BCUT2D eigenvalue weighted by atomic mass is 9.97. The van der Waals surface area contributed by atoms with Crippen LogP contribution in [-0.4, -0.2) is 36.5 Å². The van der Waals surface area contributed by atoms with Gasteiger partial charge in [0.15, 0.2) is 0 Å². The van der Waals surface area contributed by atoms with Gasteiger partial charge in [0.1, 0.15) is 0 Å². The number of nitrogens with zero attached hydrogens (tertiary/aromatic N) is 2. The molecule has 0 spiro atoms. The zero-order valence-corrected chi connectivity index (χ0v) is 11.6. The van der Waals surface area contributed by atoms with Gasteiger partial charge in [-0.05, 0) is 45.0 Å². The minimum Gasteiger partial charge on any atom is -0.385 e. The summed E-state index contributed by atoms with van der Waals surface area (Å²) in [5.74, 6) is 5.95. The number of nitrogens with one attached hydrogen (secondary N) is 2. The van der Waals surface area contributed by atoms with Crippen LogP contribution in [0.3, 0.4) is 0 Å². The summed E-state index contributed by atoms with van der Waals surface area (Å²) in [5.41, 5.74) is 3.75. The number of piperidine rings is 1. The van der Waals surface area contributed by atoms with E-state index in [1.807, 2.05) is 0 Å². The van der Waals surface area contributed by atoms with Crippen molar-refractivity contribution >= 4 is 17.1 Å². The number of benzene rings is 1. The van der Waals surface area contributed by atoms with Crippen molar-refractivity contribution in [1.82, 2.24) is 4.90 Å². The number of rotatable bonds is 5. The first-order valence-electron chi connectivity index (χ1n) is 6.77. The molecule has 1 aromatic rings. The van der Waals surface area contributed by atoms with E-state index in [1.54, 1.807) is 6.07 Å². The zero-order valence-electron chi connectivity index (χ0n) is 11.6. The number of hydrogen-bond acceptors (Lipinski definition) is 6. The van der Waals surface area contributed by atoms with Crippen LogP contribution in [0, 0.1) is 16.0 Å². The molecule has 0 aliphatic carbocycles. The minimum atomic E-state index is -0.415. The Kier molecular flexibility index (Phi) is 4.75. The molecule has 0 aromatic heterocycles. The van der Waals surface area contributed by atoms with Crippen LogP contribution in [0.2, 0.25) is 0 Å². The highest BCUT2D eigenvalue weighted by Crippen LogP contribution is 2.25. The highest BCUT2D eigenvalue weighted by Gasteiger charge is 2.17. The van der Waals surface area contributed by atoms with Crippen LogP contribution in [-0.2, 0) is 0 Å². The van der Waals surface area contributed by atoms with Gasteiger partial charge in [-0.15, -0.1) is 0 Å². The van der Waals surface area contributed by atoms with E-state index in [0.29, 0.717) is 11.6 Å². The highest BCUT2D eigenvalue weighted by atomic mass is 16.6. The quantitative estimate of drug-likeness (QED) is 0.431. The third-order valence-electron chi connectivity index (χ3n) is 3.73. The van der Waals surface area contributed by atoms with Crippen molar-refractivity contribution in [3.8, 4) is 0 Å². The molecule has 1 aromatic carbocycles. The van der Waals surface area contributed by atoms with E-state index in [2.05, 4.69) is 22.7 Å². The lowest BCUT2D eigenvalue weighted by molar-refractivity contribution is -0.384. The number of hydrazine groups is 1. The summed E-state index contributed by atoms with van der Waals surface area (Å²) in [6.07, 6.45) is 2.31. The SMILES string of the molecule is CN1CCC(CNc2cc(NN)cc([N+](=O)[O-])c2)CC1. The molecule has 1 heterocycles. The number of anilines is 2. The zero-order chi connectivity index (χ0) is 14.5. The van der Waals surface area contributed by atoms with E-state index >= 15 is 0 Å². The van der Waals surface area contributed by atoms with Crippen molar-refractivity contribution in [2.45, 2.75) is 12.8 Å². The number of nitro groups is 1. The second kappa shape index (κ2) is 6.53. The van der Waals surface area contributed by atoms with Crippen LogP contribution in [0.5, 0.6) is 0 Å². The topological polar surface area (TPSA) is 96.5 Å². The van der Waals surface area contributed by atoms with E-state index in [1.165, 1.54) is 12.1 Å². The molecule has 0 atom stereocenters. The largest absolute Gasteiger partial charge is 0.385 e. The summed E-state index contributed by atoms with van der Waals surface area (Å²) in [7, 11) is 2.13. The number of nitrogen functional groups attached to an aromatic ring is 1. The summed E-state index contributed by atoms with van der Waals surface area (Å²) in [6, 6.07) is 4.73. The molecule has 110 valence electrons. The Bertz CT molecular complexity index is 472. The summed E-state index contributed by atoms with van der Waals surface area (Å²) in [6.45, 7) is 3.05. The van der Waals surface area contributed by atoms with Gasteiger partial charge in [-0.1, -0.05) is 0 Å². The van der Waals surface area contributed by atoms with Crippen LogP contribution in [0.4, 0.5) is 17.1 Å². The Morgan fingerprint density at radius 1 is 1.35 bits per heavy atom. The molecular formula is C13H21N5O2. The van der Waals surface area contributed by atoms with Crippen LogP contribution in [0.25, 0.3) is 0 Å². The summed E-state index contributed by atoms with van der Waals surface area (Å²) in [5, 5.41) is 14.1. The third kappa shape index (κ3) is 3.82. The molecule has 7 nitrogen and oxygen atoms in total. The molecule has 0 unspecified atom stereocenters. The predicted octanol–water partition coefficient (Wildman–Crippen LogP) is 1.63. The maximum absolute atomic E-state index is 10.9. The van der Waals surface area contributed by atoms with Crippen molar-refractivity contribution in [2.75, 3.05) is 37.4 Å². The molecule has 1 saturated heterocycles. The van der Waals surface area contributed by atoms with Gasteiger partial charge in [0.2, 0.25) is 0 Å². The van der Waals surface area contributed by atoms with Crippen molar-refractivity contribution < 1.29 is 4.92 Å². The molecule has 20 heavy (non-hydrogen) atoms. The van der Waals surface area contributed by atoms with Gasteiger partial charge >= 0.3 is 0 Å². The van der Waals surface area contributed by atoms with Crippen LogP contribution in [0.1, 0.15) is 12.8 Å². The van der Waals surface area contributed by atoms with E-state index in [4.69, 9.17) is 5.84 Å². The Morgan fingerprint density at radius 3 is 2.60 bits per heavy atom. The molecule has 2 rings (SSSR count). The van der Waals surface area contributed by atoms with Crippen LogP contribution >= 0.6 is 0 Å². The maximum atomic E-state index is 10.9. The maximum Gasteiger partial charge on any atom is 0.273 e. The van der Waals surface area contributed by atoms with Crippen molar-refractivity contribution in [3.05, 3.63) is 28.3 Å². The molecule has 1 aliphatic rings. The van der Waals surface area contributed by atoms with Crippen LogP contribution in [0.15, 0.2) is 18.2 Å². The number of non-ortho nitro benzene ring substituents is 1. The Balaban J connectivity index is 1.98. The first kappa shape index (κ1) is 14.5. The second-order valence-electron chi connectivity index (χ2n) is 5.30. The van der Waals surface area contributed by atoms with Gasteiger partial charge in [0.25, 0.3) is 5.69 Å². The van der Waals surface area contributed by atoms with Crippen LogP contribution < -0.4 is 16.6 Å². The fourth-order valence-corrected chi connectivity index (χ4v) is 2.43. The first-order chi connectivity index (χ1) is 9.58. The van der Waals surface area contributed by atoms with E-state index in [-0.39, 0.29) is 5.69 Å². The van der Waals surface area contributed by atoms with Crippen molar-refractivity contribution in [3.63, 3.8) is 0 Å². The molecule has 0 saturated carbocycles. The van der Waals surface area contributed by atoms with E-state index < -0.39 is 4.92 Å². The van der Waals surface area contributed by atoms with Gasteiger partial charge in [-0.2, -0.15) is 0 Å². The molecule has 7 heteroatoms. The second-order valence-corrected chi connectivity index (χ2v) is 5.30. The average Bonchev–Trinajstić information content (AvgIpc) is 2.46. The molecule has 1 aliphatic heterocycles. The Labute approximate surface area is 118 Å². The number of nitrogens with two attached hydrogens (primary N) is 1. The summed E-state index contributed by atoms with van der Waals surface area (Å²) in [4.78, 5) is 12.8. The number of likely N-dealkylation sites (tertiary alicyclic amines) is 1. The van der Waals surface area contributed by atoms with Gasteiger partial charge < -0.3 is 15.6 Å². The van der Waals surface area contributed by atoms with Gasteiger partial charge in [-0.3, -0.25) is 16.0 Å². The molecular weight excluding hydrogens is 258 g/mol. The Morgan fingerprint density at radius 2 is 2.00 bits per heavy atom. The fraction of sp³-hybridized carbons (Fsp3) is 0.538. The molecule has 1 fully saturated rings. The average molecular weight is 279 g/mol. The number of hydrogen-bond donors (Lipinski definition) is 3. The van der Waals surface area contributed by atoms with Crippen molar-refractivity contribution in [1.29, 1.82) is 0 Å². The van der Waals surface area contributed by atoms with E-state index in [0.717, 1.165) is 38.2 Å². The highest BCUT2D eigenvalue weighted by molar-refractivity contribution is 5.63.